The van der Waals surface area contributed by atoms with Gasteiger partial charge in [-0.1, -0.05) is 29.8 Å². The lowest BCUT2D eigenvalue weighted by Gasteiger charge is -2.19. The van der Waals surface area contributed by atoms with Crippen molar-refractivity contribution >= 4 is 15.9 Å². The first-order valence-corrected chi connectivity index (χ1v) is 8.07. The second-order valence-corrected chi connectivity index (χ2v) is 6.57. The smallest absolute Gasteiger partial charge is 0.125 e. The minimum atomic E-state index is 0.584. The van der Waals surface area contributed by atoms with Crippen LogP contribution in [0.4, 0.5) is 0 Å². The molecule has 19 heavy (non-hydrogen) atoms. The highest BCUT2D eigenvalue weighted by atomic mass is 79.9. The fourth-order valence-corrected chi connectivity index (χ4v) is 3.54. The van der Waals surface area contributed by atoms with Gasteiger partial charge in [-0.25, -0.2) is 0 Å². The van der Waals surface area contributed by atoms with Gasteiger partial charge in [-0.3, -0.25) is 0 Å². The number of nitrogens with one attached hydrogen (secondary N) is 1. The average molecular weight is 326 g/mol. The van der Waals surface area contributed by atoms with E-state index in [1.54, 1.807) is 0 Å². The predicted octanol–water partition coefficient (Wildman–Crippen LogP) is 3.95. The molecule has 0 amide bonds. The van der Waals surface area contributed by atoms with Crippen molar-refractivity contribution in [3.05, 3.63) is 27.7 Å². The third-order valence-corrected chi connectivity index (χ3v) is 4.16. The highest BCUT2D eigenvalue weighted by molar-refractivity contribution is 9.10. The van der Waals surface area contributed by atoms with Crippen LogP contribution in [0.2, 0.25) is 0 Å². The SMILES string of the molecule is CCNC(C)CC(C)Cc1cc(Br)cc2c1OCC2. The number of hydrogen-bond acceptors (Lipinski definition) is 2. The highest BCUT2D eigenvalue weighted by Crippen LogP contribution is 2.34. The summed E-state index contributed by atoms with van der Waals surface area (Å²) >= 11 is 3.61. The van der Waals surface area contributed by atoms with Crippen molar-refractivity contribution in [2.45, 2.75) is 46.1 Å². The molecule has 2 rings (SSSR count). The van der Waals surface area contributed by atoms with Crippen LogP contribution in [0.5, 0.6) is 5.75 Å². The minimum absolute atomic E-state index is 0.584. The summed E-state index contributed by atoms with van der Waals surface area (Å²) in [6.45, 7) is 8.64. The van der Waals surface area contributed by atoms with Crippen molar-refractivity contribution < 1.29 is 4.74 Å². The van der Waals surface area contributed by atoms with Gasteiger partial charge in [0.15, 0.2) is 0 Å². The number of fused-ring (bicyclic) bond motifs is 1. The summed E-state index contributed by atoms with van der Waals surface area (Å²) in [6, 6.07) is 5.00. The van der Waals surface area contributed by atoms with Crippen LogP contribution in [0.25, 0.3) is 0 Å². The van der Waals surface area contributed by atoms with Gasteiger partial charge in [-0.2, -0.15) is 0 Å². The van der Waals surface area contributed by atoms with Crippen LogP contribution >= 0.6 is 15.9 Å². The van der Waals surface area contributed by atoms with Gasteiger partial charge in [0.2, 0.25) is 0 Å². The number of hydrogen-bond donors (Lipinski definition) is 1. The van der Waals surface area contributed by atoms with Gasteiger partial charge < -0.3 is 10.1 Å². The summed E-state index contributed by atoms with van der Waals surface area (Å²) < 4.78 is 6.98. The van der Waals surface area contributed by atoms with Crippen molar-refractivity contribution in [3.8, 4) is 5.75 Å². The molecular weight excluding hydrogens is 302 g/mol. The van der Waals surface area contributed by atoms with Gasteiger partial charge in [-0.15, -0.1) is 0 Å². The zero-order valence-electron chi connectivity index (χ0n) is 12.1. The lowest BCUT2D eigenvalue weighted by Crippen LogP contribution is -2.27. The van der Waals surface area contributed by atoms with Crippen molar-refractivity contribution in [3.63, 3.8) is 0 Å². The maximum Gasteiger partial charge on any atom is 0.125 e. The van der Waals surface area contributed by atoms with E-state index in [0.29, 0.717) is 12.0 Å². The third-order valence-electron chi connectivity index (χ3n) is 3.70. The summed E-state index contributed by atoms with van der Waals surface area (Å²) in [7, 11) is 0. The molecule has 2 nitrogen and oxygen atoms in total. The summed E-state index contributed by atoms with van der Waals surface area (Å²) in [6.07, 6.45) is 3.34. The molecule has 0 aromatic heterocycles. The Kier molecular flexibility index (Phi) is 5.28. The molecule has 1 aliphatic heterocycles. The molecule has 0 bridgehead atoms. The summed E-state index contributed by atoms with van der Waals surface area (Å²) in [4.78, 5) is 0. The Morgan fingerprint density at radius 2 is 2.16 bits per heavy atom. The molecule has 0 radical (unpaired) electrons. The van der Waals surface area contributed by atoms with E-state index in [0.717, 1.165) is 31.7 Å². The van der Waals surface area contributed by atoms with Crippen LogP contribution in [-0.4, -0.2) is 19.2 Å². The molecule has 2 atom stereocenters. The number of benzene rings is 1. The van der Waals surface area contributed by atoms with Crippen LogP contribution in [0.3, 0.4) is 0 Å². The lowest BCUT2D eigenvalue weighted by atomic mass is 9.93. The molecule has 1 aromatic carbocycles. The van der Waals surface area contributed by atoms with Gasteiger partial charge in [0, 0.05) is 16.9 Å². The highest BCUT2D eigenvalue weighted by Gasteiger charge is 2.19. The molecule has 0 saturated carbocycles. The molecular formula is C16H24BrNO. The Bertz CT molecular complexity index is 433. The molecule has 2 unspecified atom stereocenters. The largest absolute Gasteiger partial charge is 0.493 e. The van der Waals surface area contributed by atoms with Crippen LogP contribution in [-0.2, 0) is 12.8 Å². The van der Waals surface area contributed by atoms with Gasteiger partial charge in [0.25, 0.3) is 0 Å². The Morgan fingerprint density at radius 1 is 1.37 bits per heavy atom. The van der Waals surface area contributed by atoms with Gasteiger partial charge in [0.05, 0.1) is 6.61 Å². The molecule has 0 saturated heterocycles. The Morgan fingerprint density at radius 3 is 2.89 bits per heavy atom. The molecule has 1 N–H and O–H groups in total. The van der Waals surface area contributed by atoms with Crippen LogP contribution in [0, 0.1) is 5.92 Å². The van der Waals surface area contributed by atoms with E-state index in [1.165, 1.54) is 22.0 Å². The van der Waals surface area contributed by atoms with E-state index >= 15 is 0 Å². The molecule has 1 aliphatic rings. The zero-order chi connectivity index (χ0) is 13.8. The molecule has 1 aromatic rings. The summed E-state index contributed by atoms with van der Waals surface area (Å²) in [5.41, 5.74) is 2.72. The predicted molar refractivity (Wildman–Crippen MR) is 84.0 cm³/mol. The Hall–Kier alpha value is -0.540. The fraction of sp³-hybridized carbons (Fsp3) is 0.625. The third kappa shape index (κ3) is 3.96. The van der Waals surface area contributed by atoms with Crippen LogP contribution < -0.4 is 10.1 Å². The first-order chi connectivity index (χ1) is 9.10. The van der Waals surface area contributed by atoms with Crippen molar-refractivity contribution in [2.75, 3.05) is 13.2 Å². The lowest BCUT2D eigenvalue weighted by molar-refractivity contribution is 0.349. The summed E-state index contributed by atoms with van der Waals surface area (Å²) in [5.74, 6) is 1.81. The molecule has 0 aliphatic carbocycles. The molecule has 106 valence electrons. The van der Waals surface area contributed by atoms with E-state index in [2.05, 4.69) is 54.2 Å². The second-order valence-electron chi connectivity index (χ2n) is 5.66. The minimum Gasteiger partial charge on any atom is -0.493 e. The maximum absolute atomic E-state index is 5.80. The second kappa shape index (κ2) is 6.76. The zero-order valence-corrected chi connectivity index (χ0v) is 13.7. The van der Waals surface area contributed by atoms with Gasteiger partial charge in [0.1, 0.15) is 5.75 Å². The standard InChI is InChI=1S/C16H24BrNO/c1-4-18-12(3)7-11(2)8-14-10-15(17)9-13-5-6-19-16(13)14/h9-12,18H,4-8H2,1-3H3. The molecule has 3 heteroatoms. The van der Waals surface area contributed by atoms with E-state index in [4.69, 9.17) is 4.74 Å². The molecule has 0 fully saturated rings. The van der Waals surface area contributed by atoms with Crippen molar-refractivity contribution in [1.29, 1.82) is 0 Å². The van der Waals surface area contributed by atoms with Crippen molar-refractivity contribution in [2.24, 2.45) is 5.92 Å². The fourth-order valence-electron chi connectivity index (χ4n) is 2.99. The van der Waals surface area contributed by atoms with E-state index in [1.807, 2.05) is 0 Å². The van der Waals surface area contributed by atoms with Gasteiger partial charge >= 0.3 is 0 Å². The molecule has 0 spiro atoms. The quantitative estimate of drug-likeness (QED) is 0.855. The Balaban J connectivity index is 2.03. The maximum atomic E-state index is 5.80. The van der Waals surface area contributed by atoms with E-state index in [9.17, 15) is 0 Å². The number of ether oxygens (including phenoxy) is 1. The topological polar surface area (TPSA) is 21.3 Å². The van der Waals surface area contributed by atoms with Crippen molar-refractivity contribution in [1.82, 2.24) is 5.32 Å². The monoisotopic (exact) mass is 325 g/mol. The number of rotatable bonds is 6. The first kappa shape index (κ1) is 14.9. The van der Waals surface area contributed by atoms with E-state index < -0.39 is 0 Å². The normalized spacial score (nSPS) is 16.8. The first-order valence-electron chi connectivity index (χ1n) is 7.27. The summed E-state index contributed by atoms with van der Waals surface area (Å²) in [5, 5.41) is 3.49. The van der Waals surface area contributed by atoms with E-state index in [-0.39, 0.29) is 0 Å². The van der Waals surface area contributed by atoms with Crippen LogP contribution in [0.15, 0.2) is 16.6 Å². The number of halogens is 1. The molecule has 1 heterocycles. The average Bonchev–Trinajstić information content (AvgIpc) is 2.76. The van der Waals surface area contributed by atoms with Gasteiger partial charge in [-0.05, 0) is 55.5 Å². The van der Waals surface area contributed by atoms with Crippen LogP contribution in [0.1, 0.15) is 38.3 Å². The Labute approximate surface area is 125 Å².